The maximum absolute atomic E-state index is 11.8. The molecule has 1 rings (SSSR count). The van der Waals surface area contributed by atoms with Gasteiger partial charge in [0.1, 0.15) is 6.61 Å². The fraction of sp³-hybridized carbons (Fsp3) is 0.417. The molecule has 0 N–H and O–H groups in total. The van der Waals surface area contributed by atoms with E-state index in [2.05, 4.69) is 11.7 Å². The average molecular weight is 252 g/mol. The van der Waals surface area contributed by atoms with Crippen LogP contribution in [0.4, 0.5) is 0 Å². The van der Waals surface area contributed by atoms with Crippen LogP contribution in [-0.2, 0) is 11.8 Å². The molecule has 18 heavy (non-hydrogen) atoms. The van der Waals surface area contributed by atoms with E-state index in [9.17, 15) is 9.59 Å². The first-order valence-corrected chi connectivity index (χ1v) is 5.51. The largest absolute Gasteiger partial charge is 0.483 e. The van der Waals surface area contributed by atoms with E-state index in [1.165, 1.54) is 13.1 Å². The minimum absolute atomic E-state index is 0.0815. The van der Waals surface area contributed by atoms with Crippen LogP contribution in [0.5, 0.6) is 5.75 Å². The summed E-state index contributed by atoms with van der Waals surface area (Å²) in [5.41, 5.74) is 0.0545. The number of hydrogen-bond acceptors (Lipinski definition) is 5. The van der Waals surface area contributed by atoms with Gasteiger partial charge in [0.2, 0.25) is 0 Å². The smallest absolute Gasteiger partial charge is 0.359 e. The molecule has 0 radical (unpaired) electrons. The monoisotopic (exact) mass is 252 g/mol. The molecule has 0 aliphatic heterocycles. The van der Waals surface area contributed by atoms with Crippen molar-refractivity contribution >= 4 is 5.97 Å². The lowest BCUT2D eigenvalue weighted by molar-refractivity contribution is 0.0514. The SMILES string of the molecule is C=CCOc1c(C)c(C(=O)OCC)nn(C)c1=O. The summed E-state index contributed by atoms with van der Waals surface area (Å²) >= 11 is 0. The molecule has 0 saturated heterocycles. The summed E-state index contributed by atoms with van der Waals surface area (Å²) < 4.78 is 11.2. The summed E-state index contributed by atoms with van der Waals surface area (Å²) in [6, 6.07) is 0. The highest BCUT2D eigenvalue weighted by atomic mass is 16.5. The summed E-state index contributed by atoms with van der Waals surface area (Å²) in [5.74, 6) is -0.482. The molecule has 0 aliphatic rings. The van der Waals surface area contributed by atoms with Gasteiger partial charge in [0.25, 0.3) is 0 Å². The zero-order chi connectivity index (χ0) is 13.7. The number of hydrogen-bond donors (Lipinski definition) is 0. The third-order valence-electron chi connectivity index (χ3n) is 2.25. The zero-order valence-electron chi connectivity index (χ0n) is 10.7. The molecule has 1 aromatic rings. The van der Waals surface area contributed by atoms with Crippen LogP contribution < -0.4 is 10.3 Å². The third-order valence-corrected chi connectivity index (χ3v) is 2.25. The first-order chi connectivity index (χ1) is 8.52. The zero-order valence-corrected chi connectivity index (χ0v) is 10.7. The third kappa shape index (κ3) is 2.77. The Morgan fingerprint density at radius 2 is 2.22 bits per heavy atom. The second-order valence-electron chi connectivity index (χ2n) is 3.55. The maximum Gasteiger partial charge on any atom is 0.359 e. The quantitative estimate of drug-likeness (QED) is 0.573. The molecule has 1 heterocycles. The van der Waals surface area contributed by atoms with Crippen molar-refractivity contribution in [1.29, 1.82) is 0 Å². The molecule has 0 fully saturated rings. The number of ether oxygens (including phenoxy) is 2. The lowest BCUT2D eigenvalue weighted by atomic mass is 10.2. The molecular formula is C12H16N2O4. The Morgan fingerprint density at radius 3 is 2.78 bits per heavy atom. The van der Waals surface area contributed by atoms with Gasteiger partial charge in [-0.25, -0.2) is 9.48 Å². The Hall–Kier alpha value is -2.11. The molecule has 0 saturated carbocycles. The molecule has 0 spiro atoms. The average Bonchev–Trinajstić information content (AvgIpc) is 2.34. The van der Waals surface area contributed by atoms with Gasteiger partial charge in [0.05, 0.1) is 6.61 Å². The molecule has 0 atom stereocenters. The van der Waals surface area contributed by atoms with Crippen molar-refractivity contribution in [3.63, 3.8) is 0 Å². The number of carbonyl (C=O) groups excluding carboxylic acids is 1. The number of aromatic nitrogens is 2. The second-order valence-corrected chi connectivity index (χ2v) is 3.55. The fourth-order valence-electron chi connectivity index (χ4n) is 1.39. The van der Waals surface area contributed by atoms with Crippen LogP contribution in [0.15, 0.2) is 17.4 Å². The van der Waals surface area contributed by atoms with Crippen molar-refractivity contribution in [2.75, 3.05) is 13.2 Å². The highest BCUT2D eigenvalue weighted by Gasteiger charge is 2.20. The standard InChI is InChI=1S/C12H16N2O4/c1-5-7-18-10-8(3)9(12(16)17-6-2)13-14(4)11(10)15/h5H,1,6-7H2,2-4H3. The van der Waals surface area contributed by atoms with Crippen LogP contribution in [-0.4, -0.2) is 29.0 Å². The van der Waals surface area contributed by atoms with E-state index in [0.717, 1.165) is 4.68 Å². The fourth-order valence-corrected chi connectivity index (χ4v) is 1.39. The van der Waals surface area contributed by atoms with Gasteiger partial charge in [0, 0.05) is 12.6 Å². The van der Waals surface area contributed by atoms with Gasteiger partial charge in [-0.1, -0.05) is 12.7 Å². The van der Waals surface area contributed by atoms with E-state index in [0.29, 0.717) is 5.56 Å². The summed E-state index contributed by atoms with van der Waals surface area (Å²) in [6.07, 6.45) is 1.52. The molecule has 0 aliphatic carbocycles. The minimum Gasteiger partial charge on any atom is -0.483 e. The number of nitrogens with zero attached hydrogens (tertiary/aromatic N) is 2. The topological polar surface area (TPSA) is 70.4 Å². The van der Waals surface area contributed by atoms with Gasteiger partial charge in [-0.05, 0) is 13.8 Å². The highest BCUT2D eigenvalue weighted by molar-refractivity contribution is 5.89. The predicted octanol–water partition coefficient (Wildman–Crippen LogP) is 0.830. The lowest BCUT2D eigenvalue weighted by Gasteiger charge is -2.11. The van der Waals surface area contributed by atoms with Gasteiger partial charge < -0.3 is 9.47 Å². The molecule has 0 amide bonds. The van der Waals surface area contributed by atoms with Crippen LogP contribution >= 0.6 is 0 Å². The number of rotatable bonds is 5. The first-order valence-electron chi connectivity index (χ1n) is 5.51. The van der Waals surface area contributed by atoms with Crippen molar-refractivity contribution in [2.24, 2.45) is 7.05 Å². The number of aryl methyl sites for hydroxylation is 1. The maximum atomic E-state index is 11.8. The van der Waals surface area contributed by atoms with E-state index >= 15 is 0 Å². The van der Waals surface area contributed by atoms with E-state index in [1.807, 2.05) is 0 Å². The van der Waals surface area contributed by atoms with Gasteiger partial charge >= 0.3 is 11.5 Å². The summed E-state index contributed by atoms with van der Waals surface area (Å²) in [6.45, 7) is 7.22. The Bertz CT molecular complexity index is 520. The van der Waals surface area contributed by atoms with Crippen LogP contribution in [0.1, 0.15) is 23.0 Å². The molecule has 98 valence electrons. The molecule has 0 bridgehead atoms. The highest BCUT2D eigenvalue weighted by Crippen LogP contribution is 2.15. The van der Waals surface area contributed by atoms with Gasteiger partial charge in [0.15, 0.2) is 11.4 Å². The Balaban J connectivity index is 3.29. The molecule has 6 heteroatoms. The van der Waals surface area contributed by atoms with Gasteiger partial charge in [-0.15, -0.1) is 0 Å². The molecule has 0 aromatic carbocycles. The van der Waals surface area contributed by atoms with E-state index < -0.39 is 11.5 Å². The summed E-state index contributed by atoms with van der Waals surface area (Å²) in [5, 5.41) is 3.88. The van der Waals surface area contributed by atoms with Crippen LogP contribution in [0, 0.1) is 6.92 Å². The second kappa shape index (κ2) is 6.00. The van der Waals surface area contributed by atoms with Gasteiger partial charge in [-0.3, -0.25) is 4.79 Å². The Morgan fingerprint density at radius 1 is 1.56 bits per heavy atom. The molecular weight excluding hydrogens is 236 g/mol. The first kappa shape index (κ1) is 14.0. The Labute approximate surface area is 105 Å². The number of carbonyl (C=O) groups is 1. The summed E-state index contributed by atoms with van der Waals surface area (Å²) in [4.78, 5) is 23.5. The predicted molar refractivity (Wildman–Crippen MR) is 65.9 cm³/mol. The van der Waals surface area contributed by atoms with Crippen LogP contribution in [0.3, 0.4) is 0 Å². The van der Waals surface area contributed by atoms with E-state index in [4.69, 9.17) is 9.47 Å². The van der Waals surface area contributed by atoms with E-state index in [1.54, 1.807) is 13.8 Å². The van der Waals surface area contributed by atoms with Crippen molar-refractivity contribution in [3.05, 3.63) is 34.3 Å². The summed E-state index contributed by atoms with van der Waals surface area (Å²) in [7, 11) is 1.45. The Kier molecular flexibility index (Phi) is 4.65. The minimum atomic E-state index is -0.575. The van der Waals surface area contributed by atoms with Crippen molar-refractivity contribution < 1.29 is 14.3 Å². The van der Waals surface area contributed by atoms with Crippen LogP contribution in [0.2, 0.25) is 0 Å². The molecule has 1 aromatic heterocycles. The van der Waals surface area contributed by atoms with Crippen LogP contribution in [0.25, 0.3) is 0 Å². The van der Waals surface area contributed by atoms with Crippen molar-refractivity contribution in [1.82, 2.24) is 9.78 Å². The van der Waals surface area contributed by atoms with Gasteiger partial charge in [-0.2, -0.15) is 5.10 Å². The number of esters is 1. The molecule has 0 unspecified atom stereocenters. The normalized spacial score (nSPS) is 9.94. The van der Waals surface area contributed by atoms with E-state index in [-0.39, 0.29) is 24.7 Å². The lowest BCUT2D eigenvalue weighted by Crippen LogP contribution is -2.27. The van der Waals surface area contributed by atoms with Crippen molar-refractivity contribution in [3.8, 4) is 5.75 Å². The van der Waals surface area contributed by atoms with Crippen molar-refractivity contribution in [2.45, 2.75) is 13.8 Å². The molecule has 6 nitrogen and oxygen atoms in total.